The summed E-state index contributed by atoms with van der Waals surface area (Å²) in [4.78, 5) is 4.59. The zero-order valence-electron chi connectivity index (χ0n) is 31.7. The Balaban J connectivity index is 1.52. The number of alkyl halides is 15. The van der Waals surface area contributed by atoms with Crippen molar-refractivity contribution in [3.63, 3.8) is 0 Å². The highest BCUT2D eigenvalue weighted by Crippen LogP contribution is 2.48. The third-order valence-electron chi connectivity index (χ3n) is 10.8. The highest BCUT2D eigenvalue weighted by Gasteiger charge is 2.42. The second-order valence-corrected chi connectivity index (χ2v) is 14.8. The van der Waals surface area contributed by atoms with Gasteiger partial charge in [0.15, 0.2) is 0 Å². The molecule has 3 aromatic heterocycles. The molecule has 0 aliphatic heterocycles. The second-order valence-electron chi connectivity index (χ2n) is 14.8. The minimum Gasteiger partial charge on any atom is -0.308 e. The third-order valence-corrected chi connectivity index (χ3v) is 10.8. The molecular weight excluding hydrogens is 879 g/mol. The Bertz CT molecular complexity index is 3000. The molecule has 0 atom stereocenters. The summed E-state index contributed by atoms with van der Waals surface area (Å²) in [6.07, 6.45) is -26.2. The number of pyridine rings is 1. The van der Waals surface area contributed by atoms with E-state index in [1.165, 1.54) is 18.2 Å². The van der Waals surface area contributed by atoms with Crippen molar-refractivity contribution in [3.05, 3.63) is 161 Å². The molecule has 0 aliphatic carbocycles. The van der Waals surface area contributed by atoms with Crippen molar-refractivity contribution in [1.82, 2.24) is 14.1 Å². The number of hydrogen-bond acceptors (Lipinski definition) is 1. The number of benzene rings is 6. The molecule has 0 saturated heterocycles. The molecule has 0 saturated carbocycles. The summed E-state index contributed by atoms with van der Waals surface area (Å²) in [7, 11) is 0. The molecule has 0 fully saturated rings. The standard InChI is InChI=1S/C46H22F15N3/c47-42(48,49)25-9-13-29-30-14-10-26(43(50,51)52)20-36(30)63(35(29)19-25)39-17-24(34-8-4-7-33(62-34)23-5-2-1-3-6-23)18-40(41(39)46(59,60)61)64-37-21-27(44(53,54)55)11-15-31(37)32-16-12-28(22-38(32)64)45(56,57)58/h1-22H. The van der Waals surface area contributed by atoms with Crippen molar-refractivity contribution in [1.29, 1.82) is 0 Å². The normalized spacial score (nSPS) is 13.2. The maximum absolute atomic E-state index is 16.2. The molecule has 9 aromatic rings. The zero-order chi connectivity index (χ0) is 45.9. The van der Waals surface area contributed by atoms with Crippen molar-refractivity contribution in [3.8, 4) is 33.9 Å². The summed E-state index contributed by atoms with van der Waals surface area (Å²) in [5, 5.41) is -0.880. The monoisotopic (exact) mass is 901 g/mol. The van der Waals surface area contributed by atoms with Crippen LogP contribution < -0.4 is 0 Å². The quantitative estimate of drug-likeness (QED) is 0.161. The molecule has 3 nitrogen and oxygen atoms in total. The Labute approximate surface area is 349 Å². The fraction of sp³-hybridized carbons (Fsp3) is 0.109. The van der Waals surface area contributed by atoms with E-state index in [4.69, 9.17) is 0 Å². The van der Waals surface area contributed by atoms with Gasteiger partial charge in [-0.15, -0.1) is 0 Å². The van der Waals surface area contributed by atoms with Crippen LogP contribution in [0.5, 0.6) is 0 Å². The molecule has 0 N–H and O–H groups in total. The Morgan fingerprint density at radius 2 is 0.641 bits per heavy atom. The summed E-state index contributed by atoms with van der Waals surface area (Å²) in [6, 6.07) is 21.7. The van der Waals surface area contributed by atoms with E-state index in [0.29, 0.717) is 63.2 Å². The first-order chi connectivity index (χ1) is 29.9. The first kappa shape index (κ1) is 42.3. The van der Waals surface area contributed by atoms with Gasteiger partial charge >= 0.3 is 30.9 Å². The number of halogens is 15. The number of aromatic nitrogens is 3. The zero-order valence-corrected chi connectivity index (χ0v) is 31.7. The lowest BCUT2D eigenvalue weighted by Crippen LogP contribution is -2.17. The second kappa shape index (κ2) is 14.3. The van der Waals surface area contributed by atoms with Crippen LogP contribution in [0.1, 0.15) is 27.8 Å². The first-order valence-electron chi connectivity index (χ1n) is 18.6. The minimum atomic E-state index is -5.68. The Morgan fingerprint density at radius 3 is 0.953 bits per heavy atom. The third kappa shape index (κ3) is 7.23. The Hall–Kier alpha value is -6.98. The van der Waals surface area contributed by atoms with E-state index >= 15 is 13.2 Å². The number of rotatable bonds is 4. The van der Waals surface area contributed by atoms with Crippen molar-refractivity contribution in [2.24, 2.45) is 0 Å². The highest BCUT2D eigenvalue weighted by molar-refractivity contribution is 6.11. The van der Waals surface area contributed by atoms with Crippen LogP contribution in [0.25, 0.3) is 77.5 Å². The van der Waals surface area contributed by atoms with E-state index in [1.807, 2.05) is 0 Å². The number of fused-ring (bicyclic) bond motifs is 6. The van der Waals surface area contributed by atoms with Crippen LogP contribution in [0.2, 0.25) is 0 Å². The predicted molar refractivity (Wildman–Crippen MR) is 209 cm³/mol. The van der Waals surface area contributed by atoms with E-state index in [-0.39, 0.29) is 38.5 Å². The predicted octanol–water partition coefficient (Wildman–Crippen LogP) is 15.7. The van der Waals surface area contributed by atoms with E-state index in [1.54, 1.807) is 30.3 Å². The molecule has 0 radical (unpaired) electrons. The molecule has 3 heterocycles. The summed E-state index contributed by atoms with van der Waals surface area (Å²) in [5.74, 6) is 0. The molecule has 0 bridgehead atoms. The fourth-order valence-electron chi connectivity index (χ4n) is 8.03. The van der Waals surface area contributed by atoms with Crippen LogP contribution >= 0.6 is 0 Å². The van der Waals surface area contributed by atoms with Crippen molar-refractivity contribution >= 4 is 43.6 Å². The van der Waals surface area contributed by atoms with Gasteiger partial charge in [-0.1, -0.05) is 60.7 Å². The largest absolute Gasteiger partial charge is 0.420 e. The average Bonchev–Trinajstić information content (AvgIpc) is 3.73. The van der Waals surface area contributed by atoms with Crippen LogP contribution in [-0.2, 0) is 30.9 Å². The number of hydrogen-bond donors (Lipinski definition) is 0. The average molecular weight is 902 g/mol. The van der Waals surface area contributed by atoms with Gasteiger partial charge in [-0.25, -0.2) is 4.98 Å². The van der Waals surface area contributed by atoms with E-state index in [0.717, 1.165) is 36.4 Å². The van der Waals surface area contributed by atoms with E-state index in [9.17, 15) is 52.7 Å². The number of nitrogens with zero attached hydrogens (tertiary/aromatic N) is 3. The van der Waals surface area contributed by atoms with Crippen molar-refractivity contribution in [2.45, 2.75) is 30.9 Å². The lowest BCUT2D eigenvalue weighted by Gasteiger charge is -2.23. The first-order valence-corrected chi connectivity index (χ1v) is 18.6. The molecule has 0 unspecified atom stereocenters. The summed E-state index contributed by atoms with van der Waals surface area (Å²) < 4.78 is 222. The van der Waals surface area contributed by atoms with Crippen LogP contribution in [0.15, 0.2) is 133 Å². The molecule has 0 amide bonds. The van der Waals surface area contributed by atoms with Gasteiger partial charge in [0.05, 0.1) is 67.1 Å². The molecule has 326 valence electrons. The van der Waals surface area contributed by atoms with E-state index in [2.05, 4.69) is 4.98 Å². The van der Waals surface area contributed by atoms with Crippen molar-refractivity contribution < 1.29 is 65.9 Å². The fourth-order valence-corrected chi connectivity index (χ4v) is 8.03. The van der Waals surface area contributed by atoms with Gasteiger partial charge < -0.3 is 9.13 Å². The summed E-state index contributed by atoms with van der Waals surface area (Å²) >= 11 is 0. The van der Waals surface area contributed by atoms with Gasteiger partial charge in [0, 0.05) is 32.7 Å². The van der Waals surface area contributed by atoms with E-state index < -0.39 is 92.1 Å². The molecular formula is C46H22F15N3. The molecule has 18 heteroatoms. The highest BCUT2D eigenvalue weighted by atomic mass is 19.4. The van der Waals surface area contributed by atoms with Gasteiger partial charge in [-0.05, 0) is 72.8 Å². The molecule has 6 aromatic carbocycles. The van der Waals surface area contributed by atoms with Gasteiger partial charge in [-0.2, -0.15) is 65.9 Å². The summed E-state index contributed by atoms with van der Waals surface area (Å²) in [5.41, 5.74) is -12.0. The van der Waals surface area contributed by atoms with Gasteiger partial charge in [0.25, 0.3) is 0 Å². The molecule has 0 spiro atoms. The molecule has 9 rings (SSSR count). The molecule has 0 aliphatic rings. The van der Waals surface area contributed by atoms with Gasteiger partial charge in [0.1, 0.15) is 5.56 Å². The molecule has 64 heavy (non-hydrogen) atoms. The summed E-state index contributed by atoms with van der Waals surface area (Å²) in [6.45, 7) is 0. The van der Waals surface area contributed by atoms with Gasteiger partial charge in [-0.3, -0.25) is 0 Å². The maximum atomic E-state index is 16.2. The minimum absolute atomic E-state index is 0.141. The van der Waals surface area contributed by atoms with Crippen LogP contribution in [0.3, 0.4) is 0 Å². The smallest absolute Gasteiger partial charge is 0.308 e. The maximum Gasteiger partial charge on any atom is 0.420 e. The van der Waals surface area contributed by atoms with Crippen LogP contribution in [0, 0.1) is 0 Å². The topological polar surface area (TPSA) is 22.8 Å². The van der Waals surface area contributed by atoms with Crippen molar-refractivity contribution in [2.75, 3.05) is 0 Å². The SMILES string of the molecule is FC(F)(F)c1ccc2c3ccc(C(F)(F)F)cc3n(-c3cc(-c4cccc(-c5ccccc5)n4)cc(-n4c5cc(C(F)(F)F)ccc5c5ccc(C(F)(F)F)cc54)c3C(F)(F)F)c2c1. The lowest BCUT2D eigenvalue weighted by molar-refractivity contribution is -0.138. The van der Waals surface area contributed by atoms with Gasteiger partial charge in [0.2, 0.25) is 0 Å². The Morgan fingerprint density at radius 1 is 0.312 bits per heavy atom. The van der Waals surface area contributed by atoms with Crippen LogP contribution in [0.4, 0.5) is 65.9 Å². The van der Waals surface area contributed by atoms with Crippen LogP contribution in [-0.4, -0.2) is 14.1 Å². The Kier molecular flexibility index (Phi) is 9.44. The lowest BCUT2D eigenvalue weighted by atomic mass is 10.0.